The Hall–Kier alpha value is -1.00. The van der Waals surface area contributed by atoms with E-state index in [9.17, 15) is 9.90 Å². The zero-order valence-electron chi connectivity index (χ0n) is 12.0. The Morgan fingerprint density at radius 1 is 1.25 bits per heavy atom. The summed E-state index contributed by atoms with van der Waals surface area (Å²) in [7, 11) is 0. The average molecular weight is 293 g/mol. The highest BCUT2D eigenvalue weighted by atomic mass is 32.2. The fraction of sp³-hybridized carbons (Fsp3) is 0.562. The van der Waals surface area contributed by atoms with Crippen LogP contribution in [0.3, 0.4) is 0 Å². The number of aryl methyl sites for hydroxylation is 1. The highest BCUT2D eigenvalue weighted by Gasteiger charge is 2.20. The second kappa shape index (κ2) is 7.70. The van der Waals surface area contributed by atoms with Gasteiger partial charge in [0.2, 0.25) is 0 Å². The van der Waals surface area contributed by atoms with Gasteiger partial charge in [0.1, 0.15) is 5.25 Å². The monoisotopic (exact) mass is 293 g/mol. The van der Waals surface area contributed by atoms with E-state index in [1.807, 2.05) is 31.2 Å². The van der Waals surface area contributed by atoms with Crippen LogP contribution < -0.4 is 0 Å². The largest absolute Gasteiger partial charge is 0.480 e. The summed E-state index contributed by atoms with van der Waals surface area (Å²) in [6.45, 7) is 5.19. The number of aliphatic carboxylic acids is 1. The molecule has 1 unspecified atom stereocenters. The second-order valence-corrected chi connectivity index (χ2v) is 6.72. The van der Waals surface area contributed by atoms with Crippen LogP contribution in [0.25, 0.3) is 0 Å². The maximum absolute atomic E-state index is 11.4. The summed E-state index contributed by atoms with van der Waals surface area (Å²) in [6, 6.07) is 8.09. The van der Waals surface area contributed by atoms with Crippen LogP contribution in [0.2, 0.25) is 0 Å². The molecular weight excluding hydrogens is 270 g/mol. The van der Waals surface area contributed by atoms with Crippen LogP contribution in [-0.2, 0) is 4.79 Å². The summed E-state index contributed by atoms with van der Waals surface area (Å²) < 4.78 is 0. The van der Waals surface area contributed by atoms with Crippen molar-refractivity contribution in [3.05, 3.63) is 29.8 Å². The molecule has 2 rings (SSSR count). The van der Waals surface area contributed by atoms with Crippen LogP contribution in [0.15, 0.2) is 29.2 Å². The van der Waals surface area contributed by atoms with Gasteiger partial charge in [-0.25, -0.2) is 0 Å². The van der Waals surface area contributed by atoms with Gasteiger partial charge < -0.3 is 10.0 Å². The number of carbonyl (C=O) groups is 1. The van der Waals surface area contributed by atoms with Crippen LogP contribution in [-0.4, -0.2) is 40.9 Å². The van der Waals surface area contributed by atoms with Crippen molar-refractivity contribution in [2.75, 3.05) is 19.6 Å². The zero-order chi connectivity index (χ0) is 14.4. The van der Waals surface area contributed by atoms with Crippen LogP contribution >= 0.6 is 11.8 Å². The first kappa shape index (κ1) is 15.4. The fourth-order valence-electron chi connectivity index (χ4n) is 2.50. The molecule has 0 spiro atoms. The van der Waals surface area contributed by atoms with E-state index in [0.29, 0.717) is 6.42 Å². The lowest BCUT2D eigenvalue weighted by Gasteiger charge is -2.27. The van der Waals surface area contributed by atoms with E-state index in [4.69, 9.17) is 0 Å². The first-order valence-electron chi connectivity index (χ1n) is 7.33. The molecule has 0 saturated carbocycles. The van der Waals surface area contributed by atoms with Crippen LogP contribution in [0, 0.1) is 6.92 Å². The maximum Gasteiger partial charge on any atom is 0.317 e. The molecule has 1 aliphatic heterocycles. The smallest absolute Gasteiger partial charge is 0.317 e. The molecule has 110 valence electrons. The minimum atomic E-state index is -0.701. The quantitative estimate of drug-likeness (QED) is 0.816. The highest BCUT2D eigenvalue weighted by Crippen LogP contribution is 2.26. The molecule has 0 amide bonds. The highest BCUT2D eigenvalue weighted by molar-refractivity contribution is 8.00. The van der Waals surface area contributed by atoms with Gasteiger partial charge in [-0.05, 0) is 58.0 Å². The van der Waals surface area contributed by atoms with Crippen molar-refractivity contribution >= 4 is 17.7 Å². The number of thioether (sulfide) groups is 1. The Labute approximate surface area is 125 Å². The third-order valence-electron chi connectivity index (χ3n) is 3.73. The lowest BCUT2D eigenvalue weighted by molar-refractivity contribution is -0.136. The van der Waals surface area contributed by atoms with Gasteiger partial charge in [0.15, 0.2) is 0 Å². The number of rotatable bonds is 6. The molecule has 20 heavy (non-hydrogen) atoms. The van der Waals surface area contributed by atoms with E-state index < -0.39 is 5.97 Å². The van der Waals surface area contributed by atoms with Gasteiger partial charge in [-0.3, -0.25) is 4.79 Å². The molecule has 1 saturated heterocycles. The number of hydrogen-bond donors (Lipinski definition) is 1. The van der Waals surface area contributed by atoms with Crippen molar-refractivity contribution in [2.45, 2.75) is 42.8 Å². The van der Waals surface area contributed by atoms with Crippen molar-refractivity contribution in [3.8, 4) is 0 Å². The second-order valence-electron chi connectivity index (χ2n) is 5.45. The molecule has 0 aliphatic carbocycles. The topological polar surface area (TPSA) is 40.5 Å². The van der Waals surface area contributed by atoms with E-state index in [0.717, 1.165) is 24.5 Å². The number of nitrogens with zero attached hydrogens (tertiary/aromatic N) is 1. The summed E-state index contributed by atoms with van der Waals surface area (Å²) in [6.07, 6.45) is 4.54. The normalized spacial score (nSPS) is 17.9. The Morgan fingerprint density at radius 2 is 1.90 bits per heavy atom. The van der Waals surface area contributed by atoms with E-state index in [-0.39, 0.29) is 5.25 Å². The maximum atomic E-state index is 11.4. The van der Waals surface area contributed by atoms with Crippen molar-refractivity contribution in [3.63, 3.8) is 0 Å². The third-order valence-corrected chi connectivity index (χ3v) is 5.00. The molecule has 1 fully saturated rings. The number of likely N-dealkylation sites (tertiary alicyclic amines) is 1. The summed E-state index contributed by atoms with van der Waals surface area (Å²) >= 11 is 1.47. The average Bonchev–Trinajstić information content (AvgIpc) is 2.46. The summed E-state index contributed by atoms with van der Waals surface area (Å²) in [5, 5.41) is 9.03. The van der Waals surface area contributed by atoms with Gasteiger partial charge in [0.05, 0.1) is 0 Å². The van der Waals surface area contributed by atoms with Gasteiger partial charge in [0.25, 0.3) is 0 Å². The summed E-state index contributed by atoms with van der Waals surface area (Å²) in [5.41, 5.74) is 1.20. The van der Waals surface area contributed by atoms with Gasteiger partial charge in [-0.2, -0.15) is 0 Å². The van der Waals surface area contributed by atoms with E-state index >= 15 is 0 Å². The van der Waals surface area contributed by atoms with Crippen molar-refractivity contribution in [1.82, 2.24) is 4.90 Å². The van der Waals surface area contributed by atoms with Gasteiger partial charge in [-0.1, -0.05) is 24.1 Å². The molecule has 3 nitrogen and oxygen atoms in total. The number of hydrogen-bond acceptors (Lipinski definition) is 3. The number of piperidine rings is 1. The molecule has 0 radical (unpaired) electrons. The number of carboxylic acids is 1. The molecule has 4 heteroatoms. The molecular formula is C16H23NO2S. The van der Waals surface area contributed by atoms with Crippen molar-refractivity contribution in [1.29, 1.82) is 0 Å². The number of benzene rings is 1. The van der Waals surface area contributed by atoms with Gasteiger partial charge in [0, 0.05) is 4.90 Å². The van der Waals surface area contributed by atoms with Crippen LogP contribution in [0.5, 0.6) is 0 Å². The first-order chi connectivity index (χ1) is 9.65. The Bertz CT molecular complexity index is 427. The molecule has 0 bridgehead atoms. The first-order valence-corrected chi connectivity index (χ1v) is 8.21. The van der Waals surface area contributed by atoms with Crippen molar-refractivity contribution < 1.29 is 9.90 Å². The molecule has 1 aromatic carbocycles. The molecule has 0 aromatic heterocycles. The van der Waals surface area contributed by atoms with E-state index in [2.05, 4.69) is 4.90 Å². The molecule has 1 heterocycles. The zero-order valence-corrected chi connectivity index (χ0v) is 12.9. The summed E-state index contributed by atoms with van der Waals surface area (Å²) in [4.78, 5) is 14.8. The van der Waals surface area contributed by atoms with Gasteiger partial charge >= 0.3 is 5.97 Å². The Balaban J connectivity index is 1.86. The molecule has 1 atom stereocenters. The third kappa shape index (κ3) is 4.84. The molecule has 1 aliphatic rings. The summed E-state index contributed by atoms with van der Waals surface area (Å²) in [5.74, 6) is -0.701. The fourth-order valence-corrected chi connectivity index (χ4v) is 3.44. The Kier molecular flexibility index (Phi) is 5.92. The molecule has 1 N–H and O–H groups in total. The number of carboxylic acid groups (broad SMARTS) is 1. The predicted molar refractivity (Wildman–Crippen MR) is 83.4 cm³/mol. The minimum absolute atomic E-state index is 0.348. The Morgan fingerprint density at radius 3 is 2.50 bits per heavy atom. The predicted octanol–water partition coefficient (Wildman–Crippen LogP) is 3.42. The standard InChI is InChI=1S/C16H23NO2S/c1-13-5-7-14(8-6-13)20-15(16(18)19)9-12-17-10-3-2-4-11-17/h5-8,15H,2-4,9-12H2,1H3,(H,18,19). The van der Waals surface area contributed by atoms with E-state index in [1.54, 1.807) is 0 Å². The van der Waals surface area contributed by atoms with Crippen LogP contribution in [0.4, 0.5) is 0 Å². The SMILES string of the molecule is Cc1ccc(SC(CCN2CCCCC2)C(=O)O)cc1. The minimum Gasteiger partial charge on any atom is -0.480 e. The van der Waals surface area contributed by atoms with Crippen molar-refractivity contribution in [2.24, 2.45) is 0 Å². The van der Waals surface area contributed by atoms with Gasteiger partial charge in [-0.15, -0.1) is 11.8 Å². The van der Waals surface area contributed by atoms with E-state index in [1.165, 1.54) is 36.6 Å². The molecule has 1 aromatic rings. The lowest BCUT2D eigenvalue weighted by atomic mass is 10.1. The lowest BCUT2D eigenvalue weighted by Crippen LogP contribution is -2.33. The van der Waals surface area contributed by atoms with Crippen LogP contribution in [0.1, 0.15) is 31.2 Å².